The second-order valence-electron chi connectivity index (χ2n) is 8.78. The Morgan fingerprint density at radius 3 is 2.59 bits per heavy atom. The number of benzene rings is 1. The van der Waals surface area contributed by atoms with Crippen LogP contribution >= 0.6 is 0 Å². The van der Waals surface area contributed by atoms with Gasteiger partial charge in [-0.15, -0.1) is 0 Å². The Hall–Kier alpha value is -2.34. The van der Waals surface area contributed by atoms with Crippen molar-refractivity contribution < 1.29 is 14.0 Å². The van der Waals surface area contributed by atoms with Gasteiger partial charge in [0.25, 0.3) is 0 Å². The van der Waals surface area contributed by atoms with Gasteiger partial charge in [-0.3, -0.25) is 14.5 Å². The van der Waals surface area contributed by atoms with Crippen LogP contribution in [0, 0.1) is 0 Å². The Morgan fingerprint density at radius 2 is 1.86 bits per heavy atom. The first-order valence-electron chi connectivity index (χ1n) is 10.9. The summed E-state index contributed by atoms with van der Waals surface area (Å²) in [6, 6.07) is 4.63. The average Bonchev–Trinajstić information content (AvgIpc) is 3.29. The summed E-state index contributed by atoms with van der Waals surface area (Å²) in [7, 11) is 0. The minimum absolute atomic E-state index is 0.115. The summed E-state index contributed by atoms with van der Waals surface area (Å²) < 4.78 is 5.75. The number of hydrogen-bond acceptors (Lipinski definition) is 4. The van der Waals surface area contributed by atoms with Gasteiger partial charge in [-0.1, -0.05) is 0 Å². The number of carbonyl (C=O) groups excluding carboxylic acids is 2. The zero-order chi connectivity index (χ0) is 20.0. The third-order valence-electron chi connectivity index (χ3n) is 6.73. The molecule has 6 heteroatoms. The van der Waals surface area contributed by atoms with Crippen LogP contribution in [0.1, 0.15) is 42.9 Å². The summed E-state index contributed by atoms with van der Waals surface area (Å²) in [5.41, 5.74) is 4.67. The lowest BCUT2D eigenvalue weighted by atomic mass is 10.0. The van der Waals surface area contributed by atoms with Gasteiger partial charge in [-0.05, 0) is 62.3 Å². The molecule has 2 heterocycles. The maximum Gasteiger partial charge on any atom is 0.237 e. The molecule has 2 fully saturated rings. The second-order valence-corrected chi connectivity index (χ2v) is 8.78. The molecule has 5 rings (SSSR count). The van der Waals surface area contributed by atoms with Crippen molar-refractivity contribution in [1.29, 1.82) is 0 Å². The van der Waals surface area contributed by atoms with Gasteiger partial charge in [0.15, 0.2) is 0 Å². The van der Waals surface area contributed by atoms with Crippen molar-refractivity contribution in [3.05, 3.63) is 35.1 Å². The molecule has 1 aromatic carbocycles. The summed E-state index contributed by atoms with van der Waals surface area (Å²) in [5.74, 6) is 0.257. The van der Waals surface area contributed by atoms with Gasteiger partial charge in [0.05, 0.1) is 18.7 Å². The fourth-order valence-corrected chi connectivity index (χ4v) is 4.63. The second kappa shape index (κ2) is 7.48. The lowest BCUT2D eigenvalue weighted by molar-refractivity contribution is -0.133. The molecule has 1 saturated carbocycles. The van der Waals surface area contributed by atoms with Gasteiger partial charge in [0.1, 0.15) is 5.58 Å². The standard InChI is InChI=1S/C23H29N3O3/c1-15(23(28)24-19-5-6-19)25-7-9-26(10-8-25)22(27)13-18-14-29-21-12-17-4-2-3-16(17)11-20(18)21/h11-12,14-15,19H,2-10,13H2,1H3,(H,24,28)/t15-/m1/s1. The zero-order valence-corrected chi connectivity index (χ0v) is 17.1. The summed E-state index contributed by atoms with van der Waals surface area (Å²) in [4.78, 5) is 29.3. The molecular formula is C23H29N3O3. The average molecular weight is 396 g/mol. The van der Waals surface area contributed by atoms with E-state index in [1.165, 1.54) is 17.5 Å². The number of piperazine rings is 1. The third kappa shape index (κ3) is 3.78. The summed E-state index contributed by atoms with van der Waals surface area (Å²) in [6.45, 7) is 4.79. The number of hydrogen-bond donors (Lipinski definition) is 1. The normalized spacial score (nSPS) is 20.7. The third-order valence-corrected chi connectivity index (χ3v) is 6.73. The van der Waals surface area contributed by atoms with Gasteiger partial charge < -0.3 is 14.6 Å². The fourth-order valence-electron chi connectivity index (χ4n) is 4.63. The molecule has 154 valence electrons. The largest absolute Gasteiger partial charge is 0.464 e. The van der Waals surface area contributed by atoms with E-state index in [0.717, 1.165) is 55.3 Å². The molecular weight excluding hydrogens is 366 g/mol. The molecule has 0 bridgehead atoms. The van der Waals surface area contributed by atoms with E-state index in [4.69, 9.17) is 4.42 Å². The highest BCUT2D eigenvalue weighted by Crippen LogP contribution is 2.30. The van der Waals surface area contributed by atoms with Crippen molar-refractivity contribution in [3.8, 4) is 0 Å². The van der Waals surface area contributed by atoms with E-state index in [2.05, 4.69) is 22.3 Å². The molecule has 2 amide bonds. The van der Waals surface area contributed by atoms with E-state index in [-0.39, 0.29) is 17.9 Å². The Morgan fingerprint density at radius 1 is 1.14 bits per heavy atom. The highest BCUT2D eigenvalue weighted by atomic mass is 16.3. The molecule has 1 atom stereocenters. The SMILES string of the molecule is C[C@H](C(=O)NC1CC1)N1CCN(C(=O)Cc2coc3cc4c(cc23)CCC4)CC1. The molecule has 2 aliphatic carbocycles. The quantitative estimate of drug-likeness (QED) is 0.844. The Balaban J connectivity index is 1.19. The molecule has 3 aliphatic rings. The number of carbonyl (C=O) groups is 2. The van der Waals surface area contributed by atoms with Crippen molar-refractivity contribution in [1.82, 2.24) is 15.1 Å². The van der Waals surface area contributed by atoms with Crippen molar-refractivity contribution >= 4 is 22.8 Å². The van der Waals surface area contributed by atoms with Gasteiger partial charge in [0, 0.05) is 43.2 Å². The van der Waals surface area contributed by atoms with Crippen molar-refractivity contribution in [2.24, 2.45) is 0 Å². The maximum atomic E-state index is 12.9. The number of furan rings is 1. The van der Waals surface area contributed by atoms with Crippen LogP contribution in [0.2, 0.25) is 0 Å². The predicted molar refractivity (Wildman–Crippen MR) is 111 cm³/mol. The predicted octanol–water partition coefficient (Wildman–Crippen LogP) is 2.28. The lowest BCUT2D eigenvalue weighted by Gasteiger charge is -2.37. The fraction of sp³-hybridized carbons (Fsp3) is 0.565. The summed E-state index contributed by atoms with van der Waals surface area (Å²) >= 11 is 0. The molecule has 6 nitrogen and oxygen atoms in total. The Bertz CT molecular complexity index is 938. The van der Waals surface area contributed by atoms with E-state index in [1.54, 1.807) is 6.26 Å². The van der Waals surface area contributed by atoms with Crippen LogP contribution < -0.4 is 5.32 Å². The molecule has 0 unspecified atom stereocenters. The summed E-state index contributed by atoms with van der Waals surface area (Å²) in [5, 5.41) is 4.16. The van der Waals surface area contributed by atoms with Gasteiger partial charge in [-0.2, -0.15) is 0 Å². The summed E-state index contributed by atoms with van der Waals surface area (Å²) in [6.07, 6.45) is 7.79. The van der Waals surface area contributed by atoms with Crippen molar-refractivity contribution in [2.75, 3.05) is 26.2 Å². The van der Waals surface area contributed by atoms with Crippen LogP contribution in [-0.4, -0.2) is 59.9 Å². The minimum atomic E-state index is -0.132. The van der Waals surface area contributed by atoms with Crippen LogP contribution in [0.3, 0.4) is 0 Å². The monoisotopic (exact) mass is 395 g/mol. The first-order valence-corrected chi connectivity index (χ1v) is 10.9. The van der Waals surface area contributed by atoms with E-state index >= 15 is 0 Å². The molecule has 1 aromatic heterocycles. The molecule has 1 aliphatic heterocycles. The molecule has 29 heavy (non-hydrogen) atoms. The highest BCUT2D eigenvalue weighted by molar-refractivity contribution is 5.89. The van der Waals surface area contributed by atoms with Gasteiger partial charge >= 0.3 is 0 Å². The minimum Gasteiger partial charge on any atom is -0.464 e. The number of amides is 2. The number of rotatable bonds is 5. The van der Waals surface area contributed by atoms with Crippen LogP contribution in [0.4, 0.5) is 0 Å². The molecule has 1 saturated heterocycles. The highest BCUT2D eigenvalue weighted by Gasteiger charge is 2.31. The number of nitrogens with one attached hydrogen (secondary N) is 1. The van der Waals surface area contributed by atoms with Crippen molar-refractivity contribution in [3.63, 3.8) is 0 Å². The van der Waals surface area contributed by atoms with Crippen molar-refractivity contribution in [2.45, 2.75) is 57.5 Å². The number of nitrogens with zero attached hydrogens (tertiary/aromatic N) is 2. The lowest BCUT2D eigenvalue weighted by Crippen LogP contribution is -2.55. The number of aryl methyl sites for hydroxylation is 2. The smallest absolute Gasteiger partial charge is 0.237 e. The molecule has 0 radical (unpaired) electrons. The first-order chi connectivity index (χ1) is 14.1. The van der Waals surface area contributed by atoms with E-state index < -0.39 is 0 Å². The Labute approximate surface area is 171 Å². The van der Waals surface area contributed by atoms with Gasteiger partial charge in [0.2, 0.25) is 11.8 Å². The van der Waals surface area contributed by atoms with Crippen LogP contribution in [0.15, 0.2) is 22.8 Å². The topological polar surface area (TPSA) is 65.8 Å². The van der Waals surface area contributed by atoms with Crippen LogP contribution in [0.5, 0.6) is 0 Å². The zero-order valence-electron chi connectivity index (χ0n) is 17.1. The maximum absolute atomic E-state index is 12.9. The van der Waals surface area contributed by atoms with Crippen LogP contribution in [-0.2, 0) is 28.9 Å². The van der Waals surface area contributed by atoms with E-state index in [9.17, 15) is 9.59 Å². The molecule has 0 spiro atoms. The molecule has 2 aromatic rings. The Kier molecular flexibility index (Phi) is 4.82. The van der Waals surface area contributed by atoms with E-state index in [0.29, 0.717) is 25.6 Å². The van der Waals surface area contributed by atoms with Crippen LogP contribution in [0.25, 0.3) is 11.0 Å². The van der Waals surface area contributed by atoms with E-state index in [1.807, 2.05) is 11.8 Å². The first kappa shape index (κ1) is 18.7. The molecule has 1 N–H and O–H groups in total. The number of fused-ring (bicyclic) bond motifs is 2. The van der Waals surface area contributed by atoms with Gasteiger partial charge in [-0.25, -0.2) is 0 Å².